The lowest BCUT2D eigenvalue weighted by Gasteiger charge is -1.96. The lowest BCUT2D eigenvalue weighted by molar-refractivity contribution is -0.274. The zero-order valence-electron chi connectivity index (χ0n) is 7.02. The van der Waals surface area contributed by atoms with Gasteiger partial charge in [-0.15, -0.1) is 11.3 Å². The Kier molecular flexibility index (Phi) is 1.98. The number of pyridine rings is 1. The van der Waals surface area contributed by atoms with Crippen molar-refractivity contribution in [2.24, 2.45) is 0 Å². The van der Waals surface area contributed by atoms with Crippen molar-refractivity contribution in [3.8, 4) is 16.5 Å². The van der Waals surface area contributed by atoms with Gasteiger partial charge >= 0.3 is 0 Å². The van der Waals surface area contributed by atoms with Crippen molar-refractivity contribution in [2.45, 2.75) is 6.92 Å². The molecule has 4 heteroatoms. The van der Waals surface area contributed by atoms with E-state index >= 15 is 0 Å². The van der Waals surface area contributed by atoms with Crippen LogP contribution in [0.5, 0.6) is 5.88 Å². The van der Waals surface area contributed by atoms with Crippen LogP contribution in [0.3, 0.4) is 0 Å². The zero-order valence-corrected chi connectivity index (χ0v) is 7.84. The molecule has 2 rings (SSSR count). The molecule has 0 aliphatic carbocycles. The summed E-state index contributed by atoms with van der Waals surface area (Å²) in [6.45, 7) is 1.78. The quantitative estimate of drug-likeness (QED) is 0.687. The predicted octanol–water partition coefficient (Wildman–Crippen LogP) is 1.59. The van der Waals surface area contributed by atoms with Crippen LogP contribution in [0.4, 0.5) is 0 Å². The van der Waals surface area contributed by atoms with Crippen molar-refractivity contribution in [1.82, 2.24) is 9.97 Å². The predicted molar refractivity (Wildman–Crippen MR) is 49.5 cm³/mol. The summed E-state index contributed by atoms with van der Waals surface area (Å²) in [7, 11) is 0. The number of nitrogens with zero attached hydrogens (tertiary/aromatic N) is 2. The van der Waals surface area contributed by atoms with Gasteiger partial charge < -0.3 is 5.11 Å². The number of rotatable bonds is 1. The van der Waals surface area contributed by atoms with Crippen molar-refractivity contribution in [3.05, 3.63) is 29.4 Å². The summed E-state index contributed by atoms with van der Waals surface area (Å²) in [5, 5.41) is 11.9. The van der Waals surface area contributed by atoms with E-state index in [-0.39, 0.29) is 5.88 Å². The topological polar surface area (TPSA) is 48.8 Å². The van der Waals surface area contributed by atoms with Gasteiger partial charge in [0.2, 0.25) is 0 Å². The molecule has 0 N–H and O–H groups in total. The standard InChI is InChI=1S/C9H8N2OS/c1-6-8(12)11-9(13-6)7-2-4-10-5-3-7/h2-5,12H,1H3/p-1. The van der Waals surface area contributed by atoms with E-state index in [1.54, 1.807) is 19.3 Å². The molecule has 0 aliphatic heterocycles. The smallest absolute Gasteiger partial charge is 0.122 e. The number of hydrogen-bond donors (Lipinski definition) is 0. The van der Waals surface area contributed by atoms with E-state index in [9.17, 15) is 5.11 Å². The molecule has 13 heavy (non-hydrogen) atoms. The number of thiazole rings is 1. The zero-order chi connectivity index (χ0) is 9.26. The van der Waals surface area contributed by atoms with Gasteiger partial charge in [0.25, 0.3) is 0 Å². The van der Waals surface area contributed by atoms with Gasteiger partial charge in [-0.2, -0.15) is 0 Å². The fourth-order valence-electron chi connectivity index (χ4n) is 1.00. The molecule has 0 bridgehead atoms. The second kappa shape index (κ2) is 3.14. The highest BCUT2D eigenvalue weighted by Crippen LogP contribution is 2.28. The van der Waals surface area contributed by atoms with Crippen LogP contribution in [0.2, 0.25) is 0 Å². The molecule has 0 atom stereocenters. The van der Waals surface area contributed by atoms with E-state index in [1.165, 1.54) is 11.3 Å². The molecule has 0 saturated heterocycles. The summed E-state index contributed by atoms with van der Waals surface area (Å²) in [5.41, 5.74) is 0.949. The van der Waals surface area contributed by atoms with Crippen LogP contribution in [0.1, 0.15) is 4.88 Å². The molecule has 66 valence electrons. The lowest BCUT2D eigenvalue weighted by atomic mass is 10.3. The Bertz CT molecular complexity index is 391. The fourth-order valence-corrected chi connectivity index (χ4v) is 1.81. The molecule has 0 fully saturated rings. The summed E-state index contributed by atoms with van der Waals surface area (Å²) < 4.78 is 0. The van der Waals surface area contributed by atoms with Crippen LogP contribution < -0.4 is 5.11 Å². The van der Waals surface area contributed by atoms with E-state index in [1.807, 2.05) is 12.1 Å². The summed E-state index contributed by atoms with van der Waals surface area (Å²) in [6.07, 6.45) is 3.38. The molecule has 0 aliphatic rings. The fraction of sp³-hybridized carbons (Fsp3) is 0.111. The minimum atomic E-state index is -0.128. The third kappa shape index (κ3) is 1.53. The average Bonchev–Trinajstić information content (AvgIpc) is 2.49. The first-order chi connectivity index (χ1) is 6.27. The van der Waals surface area contributed by atoms with Gasteiger partial charge in [-0.05, 0) is 19.1 Å². The van der Waals surface area contributed by atoms with Crippen molar-refractivity contribution >= 4 is 11.3 Å². The summed E-state index contributed by atoms with van der Waals surface area (Å²) in [4.78, 5) is 8.54. The van der Waals surface area contributed by atoms with Gasteiger partial charge in [0.05, 0.1) is 0 Å². The Hall–Kier alpha value is -1.42. The third-order valence-electron chi connectivity index (χ3n) is 1.68. The second-order valence-electron chi connectivity index (χ2n) is 2.62. The molecule has 2 aromatic heterocycles. The van der Waals surface area contributed by atoms with Crippen molar-refractivity contribution in [3.63, 3.8) is 0 Å². The summed E-state index contributed by atoms with van der Waals surface area (Å²) in [6, 6.07) is 3.69. The first-order valence-electron chi connectivity index (χ1n) is 3.82. The van der Waals surface area contributed by atoms with Crippen LogP contribution in [-0.4, -0.2) is 9.97 Å². The van der Waals surface area contributed by atoms with E-state index in [2.05, 4.69) is 9.97 Å². The molecular formula is C9H7N2OS-. The molecule has 0 unspecified atom stereocenters. The molecule has 2 heterocycles. The monoisotopic (exact) mass is 191 g/mol. The number of aromatic nitrogens is 2. The molecule has 3 nitrogen and oxygen atoms in total. The largest absolute Gasteiger partial charge is 0.858 e. The Morgan fingerprint density at radius 3 is 2.54 bits per heavy atom. The molecular weight excluding hydrogens is 184 g/mol. The summed E-state index contributed by atoms with van der Waals surface area (Å²) >= 11 is 1.42. The highest BCUT2D eigenvalue weighted by molar-refractivity contribution is 7.15. The van der Waals surface area contributed by atoms with E-state index in [0.29, 0.717) is 0 Å². The van der Waals surface area contributed by atoms with Crippen molar-refractivity contribution in [2.75, 3.05) is 0 Å². The van der Waals surface area contributed by atoms with Crippen LogP contribution in [0.15, 0.2) is 24.5 Å². The molecule has 0 saturated carbocycles. The van der Waals surface area contributed by atoms with E-state index < -0.39 is 0 Å². The third-order valence-corrected chi connectivity index (χ3v) is 2.68. The molecule has 0 spiro atoms. The first-order valence-corrected chi connectivity index (χ1v) is 4.64. The van der Waals surface area contributed by atoms with Gasteiger partial charge in [-0.25, -0.2) is 0 Å². The van der Waals surface area contributed by atoms with Gasteiger partial charge in [0.1, 0.15) is 5.01 Å². The van der Waals surface area contributed by atoms with Crippen molar-refractivity contribution < 1.29 is 5.11 Å². The highest BCUT2D eigenvalue weighted by atomic mass is 32.1. The van der Waals surface area contributed by atoms with E-state index in [4.69, 9.17) is 0 Å². The SMILES string of the molecule is Cc1sc(-c2ccncc2)nc1[O-]. The molecule has 0 aromatic carbocycles. The van der Waals surface area contributed by atoms with Gasteiger partial charge in [-0.3, -0.25) is 9.97 Å². The Labute approximate surface area is 79.7 Å². The van der Waals surface area contributed by atoms with Crippen LogP contribution in [0.25, 0.3) is 10.6 Å². The minimum Gasteiger partial charge on any atom is -0.858 e. The van der Waals surface area contributed by atoms with Crippen LogP contribution in [-0.2, 0) is 0 Å². The summed E-state index contributed by atoms with van der Waals surface area (Å²) in [5.74, 6) is -0.128. The van der Waals surface area contributed by atoms with Gasteiger partial charge in [-0.1, -0.05) is 0 Å². The minimum absolute atomic E-state index is 0.128. The van der Waals surface area contributed by atoms with Gasteiger partial charge in [0, 0.05) is 28.7 Å². The molecule has 0 radical (unpaired) electrons. The first kappa shape index (κ1) is 8.19. The Morgan fingerprint density at radius 2 is 2.00 bits per heavy atom. The molecule has 0 amide bonds. The Balaban J connectivity index is 2.48. The maximum atomic E-state index is 11.1. The van der Waals surface area contributed by atoms with Crippen LogP contribution >= 0.6 is 11.3 Å². The lowest BCUT2D eigenvalue weighted by Crippen LogP contribution is -1.90. The van der Waals surface area contributed by atoms with Crippen molar-refractivity contribution in [1.29, 1.82) is 0 Å². The van der Waals surface area contributed by atoms with Gasteiger partial charge in [0.15, 0.2) is 0 Å². The van der Waals surface area contributed by atoms with Crippen LogP contribution in [0, 0.1) is 6.92 Å². The average molecular weight is 191 g/mol. The maximum Gasteiger partial charge on any atom is 0.122 e. The number of hydrogen-bond acceptors (Lipinski definition) is 4. The maximum absolute atomic E-state index is 11.1. The molecule has 2 aromatic rings. The highest BCUT2D eigenvalue weighted by Gasteiger charge is 2.02. The number of aryl methyl sites for hydroxylation is 1. The van der Waals surface area contributed by atoms with E-state index in [0.717, 1.165) is 15.4 Å². The second-order valence-corrected chi connectivity index (χ2v) is 3.82. The Morgan fingerprint density at radius 1 is 1.31 bits per heavy atom. The normalized spacial score (nSPS) is 10.2.